The fourth-order valence-electron chi connectivity index (χ4n) is 0.893. The van der Waals surface area contributed by atoms with Gasteiger partial charge in [-0.1, -0.05) is 41.1 Å². The number of hydrogen-bond donors (Lipinski definition) is 0. The Kier molecular flexibility index (Phi) is 3.11. The van der Waals surface area contributed by atoms with Crippen LogP contribution in [0, 0.1) is 0 Å². The van der Waals surface area contributed by atoms with Crippen molar-refractivity contribution in [1.29, 1.82) is 0 Å². The predicted octanol–water partition coefficient (Wildman–Crippen LogP) is 2.78. The zero-order chi connectivity index (χ0) is 8.43. The minimum Gasteiger partial charge on any atom is -0.0840 e. The Morgan fingerprint density at radius 2 is 1.64 bits per heavy atom. The fraction of sp³-hybridized carbons (Fsp3) is 0.143. The molecule has 0 saturated heterocycles. The number of halogens is 3. The molecule has 0 saturated carbocycles. The van der Waals surface area contributed by atoms with E-state index in [2.05, 4.69) is 0 Å². The molecular weight excluding hydrogens is 201 g/mol. The highest BCUT2D eigenvalue weighted by atomic mass is 35.5. The first-order valence-corrected chi connectivity index (χ1v) is 4.42. The molecule has 0 bridgehead atoms. The Bertz CT molecular complexity index is 273. The molecule has 11 heavy (non-hydrogen) atoms. The summed E-state index contributed by atoms with van der Waals surface area (Å²) < 4.78 is 0. The van der Waals surface area contributed by atoms with Crippen LogP contribution >= 0.6 is 34.8 Å². The van der Waals surface area contributed by atoms with Crippen LogP contribution in [0.3, 0.4) is 0 Å². The van der Waals surface area contributed by atoms with Crippen LogP contribution < -0.4 is 0 Å². The molecule has 0 nitrogen and oxygen atoms in total. The maximum absolute atomic E-state index is 5.88. The van der Waals surface area contributed by atoms with Gasteiger partial charge in [0.05, 0.1) is 10.0 Å². The van der Waals surface area contributed by atoms with Gasteiger partial charge in [0, 0.05) is 5.02 Å². The topological polar surface area (TPSA) is 0 Å². The van der Waals surface area contributed by atoms with E-state index in [-0.39, 0.29) is 0 Å². The molecule has 1 aromatic rings. The van der Waals surface area contributed by atoms with Gasteiger partial charge in [0.25, 0.3) is 0 Å². The Labute approximate surface area is 81.9 Å². The first kappa shape index (κ1) is 9.24. The van der Waals surface area contributed by atoms with E-state index >= 15 is 0 Å². The summed E-state index contributed by atoms with van der Waals surface area (Å²) in [5, 5.41) is 1.82. The van der Waals surface area contributed by atoms with Crippen LogP contribution in [-0.4, -0.2) is 7.85 Å². The van der Waals surface area contributed by atoms with Gasteiger partial charge in [0.1, 0.15) is 7.85 Å². The van der Waals surface area contributed by atoms with Gasteiger partial charge in [-0.15, -0.1) is 0 Å². The fourth-order valence-corrected chi connectivity index (χ4v) is 1.71. The van der Waals surface area contributed by atoms with E-state index in [1.807, 2.05) is 7.85 Å². The van der Waals surface area contributed by atoms with E-state index in [0.29, 0.717) is 15.1 Å². The molecule has 0 aliphatic heterocycles. The molecule has 4 heteroatoms. The lowest BCUT2D eigenvalue weighted by atomic mass is 9.97. The Balaban J connectivity index is 3.29. The molecule has 1 rings (SSSR count). The summed E-state index contributed by atoms with van der Waals surface area (Å²) in [6.45, 7) is 0. The van der Waals surface area contributed by atoms with Crippen molar-refractivity contribution in [3.8, 4) is 0 Å². The summed E-state index contributed by atoms with van der Waals surface area (Å²) in [5.74, 6) is 0. The van der Waals surface area contributed by atoms with Gasteiger partial charge in [-0.05, 0) is 17.7 Å². The van der Waals surface area contributed by atoms with E-state index in [1.165, 1.54) is 0 Å². The first-order valence-electron chi connectivity index (χ1n) is 3.29. The summed E-state index contributed by atoms with van der Waals surface area (Å²) in [6.07, 6.45) is 0.804. The lowest BCUT2D eigenvalue weighted by Crippen LogP contribution is -1.87. The van der Waals surface area contributed by atoms with Crippen molar-refractivity contribution in [3.63, 3.8) is 0 Å². The van der Waals surface area contributed by atoms with E-state index in [1.54, 1.807) is 12.1 Å². The van der Waals surface area contributed by atoms with Crippen LogP contribution in [0.25, 0.3) is 0 Å². The minimum absolute atomic E-state index is 0.563. The molecule has 0 unspecified atom stereocenters. The lowest BCUT2D eigenvalue weighted by Gasteiger charge is -2.04. The maximum Gasteiger partial charge on any atom is 0.107 e. The molecule has 0 radical (unpaired) electrons. The van der Waals surface area contributed by atoms with Crippen LogP contribution in [0.5, 0.6) is 0 Å². The monoisotopic (exact) mass is 206 g/mol. The lowest BCUT2D eigenvalue weighted by molar-refractivity contribution is 1.40. The molecule has 0 spiro atoms. The highest BCUT2D eigenvalue weighted by Gasteiger charge is 2.06. The van der Waals surface area contributed by atoms with Crippen molar-refractivity contribution < 1.29 is 0 Å². The summed E-state index contributed by atoms with van der Waals surface area (Å²) in [7, 11) is 1.99. The normalized spacial score (nSPS) is 10.1. The van der Waals surface area contributed by atoms with E-state index in [4.69, 9.17) is 34.8 Å². The second-order valence-corrected chi connectivity index (χ2v) is 3.37. The zero-order valence-electron chi connectivity index (χ0n) is 6.00. The van der Waals surface area contributed by atoms with Crippen molar-refractivity contribution in [2.75, 3.05) is 0 Å². The van der Waals surface area contributed by atoms with Gasteiger partial charge in [-0.25, -0.2) is 0 Å². The van der Waals surface area contributed by atoms with Gasteiger partial charge < -0.3 is 0 Å². The highest BCUT2D eigenvalue weighted by Crippen LogP contribution is 2.30. The summed E-state index contributed by atoms with van der Waals surface area (Å²) in [4.78, 5) is 0. The largest absolute Gasteiger partial charge is 0.107 e. The van der Waals surface area contributed by atoms with Gasteiger partial charge in [-0.2, -0.15) is 0 Å². The zero-order valence-corrected chi connectivity index (χ0v) is 8.26. The quantitative estimate of drug-likeness (QED) is 0.490. The Hall–Kier alpha value is 0.155. The third-order valence-corrected chi connectivity index (χ3v) is 2.69. The molecule has 1 aromatic carbocycles. The van der Waals surface area contributed by atoms with Crippen LogP contribution in [0.15, 0.2) is 12.1 Å². The highest BCUT2D eigenvalue weighted by molar-refractivity contribution is 6.44. The van der Waals surface area contributed by atoms with Crippen molar-refractivity contribution in [3.05, 3.63) is 32.8 Å². The molecular formula is C7H6BCl3. The maximum atomic E-state index is 5.88. The first-order chi connectivity index (χ1) is 5.16. The molecule has 0 fully saturated rings. The third-order valence-electron chi connectivity index (χ3n) is 1.49. The van der Waals surface area contributed by atoms with Gasteiger partial charge in [0.15, 0.2) is 0 Å². The average molecular weight is 207 g/mol. The Morgan fingerprint density at radius 1 is 1.09 bits per heavy atom. The molecule has 58 valence electrons. The molecule has 0 heterocycles. The summed E-state index contributed by atoms with van der Waals surface area (Å²) in [6, 6.07) is 3.46. The second-order valence-electron chi connectivity index (χ2n) is 2.18. The smallest absolute Gasteiger partial charge is 0.0840 e. The van der Waals surface area contributed by atoms with Crippen LogP contribution in [0.1, 0.15) is 5.56 Å². The van der Waals surface area contributed by atoms with E-state index in [0.717, 1.165) is 11.9 Å². The standard InChI is InChI=1S/C7H6BCl3/c8-3-4-5(9)1-2-6(10)7(4)11/h1-2H,3,8H2. The second kappa shape index (κ2) is 3.71. The van der Waals surface area contributed by atoms with Crippen molar-refractivity contribution >= 4 is 42.6 Å². The molecule has 0 amide bonds. The number of benzene rings is 1. The number of hydrogen-bond acceptors (Lipinski definition) is 0. The van der Waals surface area contributed by atoms with Crippen molar-refractivity contribution in [2.24, 2.45) is 0 Å². The third kappa shape index (κ3) is 1.84. The van der Waals surface area contributed by atoms with Gasteiger partial charge in [0.2, 0.25) is 0 Å². The van der Waals surface area contributed by atoms with Crippen LogP contribution in [0.2, 0.25) is 15.1 Å². The molecule has 0 aromatic heterocycles. The molecule has 0 aliphatic rings. The van der Waals surface area contributed by atoms with Gasteiger partial charge in [-0.3, -0.25) is 0 Å². The number of rotatable bonds is 1. The van der Waals surface area contributed by atoms with Crippen LogP contribution in [-0.2, 0) is 6.32 Å². The minimum atomic E-state index is 0.563. The summed E-state index contributed by atoms with van der Waals surface area (Å²) >= 11 is 17.5. The average Bonchev–Trinajstić information content (AvgIpc) is 1.99. The predicted molar refractivity (Wildman–Crippen MR) is 53.7 cm³/mol. The van der Waals surface area contributed by atoms with Crippen LogP contribution in [0.4, 0.5) is 0 Å². The van der Waals surface area contributed by atoms with E-state index in [9.17, 15) is 0 Å². The SMILES string of the molecule is BCc1c(Cl)ccc(Cl)c1Cl. The van der Waals surface area contributed by atoms with E-state index < -0.39 is 0 Å². The van der Waals surface area contributed by atoms with Gasteiger partial charge >= 0.3 is 0 Å². The molecule has 0 aliphatic carbocycles. The molecule has 0 atom stereocenters. The van der Waals surface area contributed by atoms with Crippen molar-refractivity contribution in [1.82, 2.24) is 0 Å². The van der Waals surface area contributed by atoms with Crippen molar-refractivity contribution in [2.45, 2.75) is 6.32 Å². The Morgan fingerprint density at radius 3 is 2.09 bits per heavy atom. The summed E-state index contributed by atoms with van der Waals surface area (Å²) in [5.41, 5.74) is 0.917. The molecule has 0 N–H and O–H groups in total.